The summed E-state index contributed by atoms with van der Waals surface area (Å²) in [4.78, 5) is 14.1. The van der Waals surface area contributed by atoms with E-state index in [1.165, 1.54) is 0 Å². The van der Waals surface area contributed by atoms with Gasteiger partial charge in [-0.3, -0.25) is 0 Å². The molecular weight excluding hydrogens is 464 g/mol. The predicted molar refractivity (Wildman–Crippen MR) is 127 cm³/mol. The SMILES string of the molecule is CC(c1ccc(Br)cc1)N1CCC(CCCN(C)S(C)=O)OC1=O.c1ccccc1. The lowest BCUT2D eigenvalue weighted by Crippen LogP contribution is -2.43. The summed E-state index contributed by atoms with van der Waals surface area (Å²) in [6.07, 6.45) is 3.91. The summed E-state index contributed by atoms with van der Waals surface area (Å²) in [6, 6.07) is 20.0. The third kappa shape index (κ3) is 8.20. The topological polar surface area (TPSA) is 49.9 Å². The molecule has 0 aromatic heterocycles. The molecule has 0 N–H and O–H groups in total. The number of hydrogen-bond acceptors (Lipinski definition) is 3. The van der Waals surface area contributed by atoms with Gasteiger partial charge < -0.3 is 9.64 Å². The van der Waals surface area contributed by atoms with Crippen molar-refractivity contribution in [3.8, 4) is 0 Å². The quantitative estimate of drug-likeness (QED) is 0.516. The van der Waals surface area contributed by atoms with Gasteiger partial charge in [0.05, 0.1) is 17.0 Å². The summed E-state index contributed by atoms with van der Waals surface area (Å²) in [5.74, 6) is 0. The van der Waals surface area contributed by atoms with E-state index >= 15 is 0 Å². The van der Waals surface area contributed by atoms with Crippen LogP contribution in [0.15, 0.2) is 65.1 Å². The van der Waals surface area contributed by atoms with Gasteiger partial charge in [-0.25, -0.2) is 13.3 Å². The van der Waals surface area contributed by atoms with Crippen LogP contribution in [0.2, 0.25) is 0 Å². The number of cyclic esters (lactones) is 1. The van der Waals surface area contributed by atoms with Gasteiger partial charge in [-0.1, -0.05) is 64.5 Å². The van der Waals surface area contributed by atoms with Crippen molar-refractivity contribution >= 4 is 33.0 Å². The van der Waals surface area contributed by atoms with E-state index in [-0.39, 0.29) is 18.2 Å². The molecule has 164 valence electrons. The molecule has 0 saturated carbocycles. The highest BCUT2D eigenvalue weighted by molar-refractivity contribution is 9.10. The Bertz CT molecular complexity index is 762. The standard InChI is InChI=1S/C17H25BrN2O3S.C6H6/c1-13(14-6-8-15(18)9-7-14)20-12-10-16(23-17(20)21)5-4-11-19(2)24(3)22;1-2-4-6-5-3-1/h6-9,13,16H,4-5,10-12H2,1-3H3;1-6H. The molecule has 2 aromatic rings. The third-order valence-electron chi connectivity index (χ3n) is 5.12. The van der Waals surface area contributed by atoms with Gasteiger partial charge in [0.15, 0.2) is 0 Å². The van der Waals surface area contributed by atoms with E-state index in [0.29, 0.717) is 6.54 Å². The Morgan fingerprint density at radius 1 is 1.17 bits per heavy atom. The minimum Gasteiger partial charge on any atom is -0.446 e. The Morgan fingerprint density at radius 3 is 2.23 bits per heavy atom. The first-order valence-electron chi connectivity index (χ1n) is 10.2. The fourth-order valence-corrected chi connectivity index (χ4v) is 3.83. The van der Waals surface area contributed by atoms with Crippen molar-refractivity contribution in [2.45, 2.75) is 38.3 Å². The fourth-order valence-electron chi connectivity index (χ4n) is 3.17. The first kappa shape index (κ1) is 24.6. The molecule has 1 amide bonds. The number of halogens is 1. The molecule has 2 aromatic carbocycles. The molecule has 1 heterocycles. The average molecular weight is 495 g/mol. The zero-order valence-corrected chi connectivity index (χ0v) is 20.3. The number of hydrogen-bond donors (Lipinski definition) is 0. The van der Waals surface area contributed by atoms with Crippen LogP contribution < -0.4 is 0 Å². The van der Waals surface area contributed by atoms with Crippen LogP contribution in [-0.4, -0.2) is 52.0 Å². The van der Waals surface area contributed by atoms with Crippen molar-refractivity contribution < 1.29 is 13.7 Å². The number of amides is 1. The minimum absolute atomic E-state index is 0.000182. The first-order chi connectivity index (χ1) is 14.4. The van der Waals surface area contributed by atoms with Crippen molar-refractivity contribution in [1.82, 2.24) is 9.21 Å². The van der Waals surface area contributed by atoms with Crippen molar-refractivity contribution in [2.24, 2.45) is 0 Å². The van der Waals surface area contributed by atoms with Gasteiger partial charge in [-0.2, -0.15) is 0 Å². The normalized spacial score (nSPS) is 18.2. The van der Waals surface area contributed by atoms with Gasteiger partial charge in [-0.05, 0) is 44.5 Å². The maximum absolute atomic E-state index is 12.3. The second-order valence-corrected chi connectivity index (χ2v) is 9.67. The van der Waals surface area contributed by atoms with E-state index in [2.05, 4.69) is 15.9 Å². The molecule has 3 unspecified atom stereocenters. The zero-order valence-electron chi connectivity index (χ0n) is 17.9. The maximum atomic E-state index is 12.3. The molecule has 0 radical (unpaired) electrons. The van der Waals surface area contributed by atoms with Crippen LogP contribution in [0.5, 0.6) is 0 Å². The van der Waals surface area contributed by atoms with Crippen LogP contribution in [0.1, 0.15) is 37.8 Å². The molecule has 0 spiro atoms. The monoisotopic (exact) mass is 494 g/mol. The lowest BCUT2D eigenvalue weighted by Gasteiger charge is -2.36. The Hall–Kier alpha value is -1.70. The number of benzene rings is 2. The summed E-state index contributed by atoms with van der Waals surface area (Å²) >= 11 is 3.43. The van der Waals surface area contributed by atoms with E-state index in [0.717, 1.165) is 35.8 Å². The van der Waals surface area contributed by atoms with Crippen LogP contribution >= 0.6 is 15.9 Å². The fraction of sp³-hybridized carbons (Fsp3) is 0.435. The van der Waals surface area contributed by atoms with Crippen LogP contribution in [0, 0.1) is 0 Å². The molecule has 1 fully saturated rings. The molecular formula is C23H31BrN2O3S. The van der Waals surface area contributed by atoms with Crippen LogP contribution in [0.3, 0.4) is 0 Å². The lowest BCUT2D eigenvalue weighted by molar-refractivity contribution is 0.00898. The van der Waals surface area contributed by atoms with E-state index in [9.17, 15) is 9.00 Å². The third-order valence-corrected chi connectivity index (χ3v) is 6.71. The lowest BCUT2D eigenvalue weighted by atomic mass is 10.0. The molecule has 7 heteroatoms. The highest BCUT2D eigenvalue weighted by atomic mass is 79.9. The molecule has 1 aliphatic rings. The Morgan fingerprint density at radius 2 is 1.73 bits per heavy atom. The minimum atomic E-state index is -0.945. The molecule has 3 atom stereocenters. The van der Waals surface area contributed by atoms with Gasteiger partial charge >= 0.3 is 6.09 Å². The van der Waals surface area contributed by atoms with Gasteiger partial charge in [0.2, 0.25) is 0 Å². The highest BCUT2D eigenvalue weighted by Gasteiger charge is 2.30. The largest absolute Gasteiger partial charge is 0.446 e. The molecule has 0 aliphatic carbocycles. The van der Waals surface area contributed by atoms with Crippen molar-refractivity contribution in [3.63, 3.8) is 0 Å². The van der Waals surface area contributed by atoms with Crippen molar-refractivity contribution in [1.29, 1.82) is 0 Å². The summed E-state index contributed by atoms with van der Waals surface area (Å²) < 4.78 is 19.7. The van der Waals surface area contributed by atoms with Gasteiger partial charge in [0.25, 0.3) is 0 Å². The molecule has 30 heavy (non-hydrogen) atoms. The van der Waals surface area contributed by atoms with Crippen LogP contribution in [-0.2, 0) is 15.7 Å². The molecule has 3 rings (SSSR count). The average Bonchev–Trinajstić information content (AvgIpc) is 2.75. The van der Waals surface area contributed by atoms with Gasteiger partial charge in [0.1, 0.15) is 6.10 Å². The number of carbonyl (C=O) groups excluding carboxylic acids is 1. The second-order valence-electron chi connectivity index (χ2n) is 7.29. The molecule has 1 aliphatic heterocycles. The number of rotatable bonds is 7. The molecule has 1 saturated heterocycles. The van der Waals surface area contributed by atoms with E-state index in [1.54, 1.807) is 15.5 Å². The Kier molecular flexibility index (Phi) is 10.5. The van der Waals surface area contributed by atoms with Crippen LogP contribution in [0.25, 0.3) is 0 Å². The maximum Gasteiger partial charge on any atom is 0.410 e. The summed E-state index contributed by atoms with van der Waals surface area (Å²) in [6.45, 7) is 3.47. The molecule has 0 bridgehead atoms. The Balaban J connectivity index is 0.000000456. The highest BCUT2D eigenvalue weighted by Crippen LogP contribution is 2.27. The van der Waals surface area contributed by atoms with Crippen molar-refractivity contribution in [3.05, 3.63) is 70.7 Å². The van der Waals surface area contributed by atoms with Gasteiger partial charge in [-0.15, -0.1) is 0 Å². The summed E-state index contributed by atoms with van der Waals surface area (Å²) in [7, 11) is 0.893. The zero-order chi connectivity index (χ0) is 21.9. The number of ether oxygens (including phenoxy) is 1. The first-order valence-corrected chi connectivity index (χ1v) is 12.5. The van der Waals surface area contributed by atoms with E-state index < -0.39 is 11.0 Å². The smallest absolute Gasteiger partial charge is 0.410 e. The van der Waals surface area contributed by atoms with Gasteiger partial charge in [0, 0.05) is 30.2 Å². The predicted octanol–water partition coefficient (Wildman–Crippen LogP) is 5.41. The summed E-state index contributed by atoms with van der Waals surface area (Å²) in [5, 5.41) is 0. The number of nitrogens with zero attached hydrogens (tertiary/aromatic N) is 2. The van der Waals surface area contributed by atoms with E-state index in [1.807, 2.05) is 74.6 Å². The Labute approximate surface area is 191 Å². The second kappa shape index (κ2) is 12.9. The van der Waals surface area contributed by atoms with Crippen molar-refractivity contribution in [2.75, 3.05) is 26.4 Å². The molecule has 5 nitrogen and oxygen atoms in total. The summed E-state index contributed by atoms with van der Waals surface area (Å²) in [5.41, 5.74) is 1.10. The van der Waals surface area contributed by atoms with E-state index in [4.69, 9.17) is 4.74 Å². The van der Waals surface area contributed by atoms with Crippen LogP contribution in [0.4, 0.5) is 4.79 Å². The number of carbonyl (C=O) groups is 1.